The fourth-order valence-corrected chi connectivity index (χ4v) is 4.35. The first kappa shape index (κ1) is 16.2. The smallest absolute Gasteiger partial charge is 0.268 e. The third-order valence-corrected chi connectivity index (χ3v) is 5.75. The first-order valence-electron chi connectivity index (χ1n) is 8.14. The number of aryl methyl sites for hydroxylation is 1. The summed E-state index contributed by atoms with van der Waals surface area (Å²) in [7, 11) is 0. The SMILES string of the molecule is CCc1ccc(Cl)c(CC)c1N1C(=O)c2cc3sccc3nc2C1=O. The lowest BCUT2D eigenvalue weighted by atomic mass is 10.0. The van der Waals surface area contributed by atoms with Gasteiger partial charge in [-0.1, -0.05) is 31.5 Å². The van der Waals surface area contributed by atoms with Gasteiger partial charge in [-0.15, -0.1) is 11.3 Å². The van der Waals surface area contributed by atoms with E-state index < -0.39 is 0 Å². The van der Waals surface area contributed by atoms with Crippen molar-refractivity contribution in [1.82, 2.24) is 4.98 Å². The van der Waals surface area contributed by atoms with E-state index >= 15 is 0 Å². The van der Waals surface area contributed by atoms with Crippen LogP contribution in [0.4, 0.5) is 5.69 Å². The molecule has 0 saturated heterocycles. The molecule has 2 aromatic heterocycles. The lowest BCUT2D eigenvalue weighted by Crippen LogP contribution is -2.31. The molecule has 0 radical (unpaired) electrons. The molecule has 3 aromatic rings. The van der Waals surface area contributed by atoms with Crippen LogP contribution in [0.5, 0.6) is 0 Å². The Hall–Kier alpha value is -2.24. The second-order valence-electron chi connectivity index (χ2n) is 5.88. The molecule has 4 rings (SSSR count). The maximum atomic E-state index is 13.0. The third-order valence-electron chi connectivity index (χ3n) is 4.54. The zero-order chi connectivity index (χ0) is 17.7. The number of nitrogens with zero attached hydrogens (tertiary/aromatic N) is 2. The van der Waals surface area contributed by atoms with Crippen molar-refractivity contribution < 1.29 is 9.59 Å². The molecule has 3 heterocycles. The fraction of sp³-hybridized carbons (Fsp3) is 0.211. The Morgan fingerprint density at radius 2 is 1.92 bits per heavy atom. The van der Waals surface area contributed by atoms with E-state index in [0.29, 0.717) is 29.1 Å². The third kappa shape index (κ3) is 2.30. The van der Waals surface area contributed by atoms with E-state index in [4.69, 9.17) is 11.6 Å². The highest BCUT2D eigenvalue weighted by Crippen LogP contribution is 2.38. The highest BCUT2D eigenvalue weighted by Gasteiger charge is 2.40. The van der Waals surface area contributed by atoms with Crippen LogP contribution in [0.25, 0.3) is 10.2 Å². The van der Waals surface area contributed by atoms with Gasteiger partial charge in [0.15, 0.2) is 0 Å². The summed E-state index contributed by atoms with van der Waals surface area (Å²) in [5, 5.41) is 2.47. The number of carbonyl (C=O) groups excluding carboxylic acids is 2. The zero-order valence-corrected chi connectivity index (χ0v) is 15.4. The molecule has 1 aliphatic rings. The van der Waals surface area contributed by atoms with E-state index in [1.54, 1.807) is 6.07 Å². The number of fused-ring (bicyclic) bond motifs is 2. The van der Waals surface area contributed by atoms with Crippen molar-refractivity contribution in [2.24, 2.45) is 0 Å². The highest BCUT2D eigenvalue weighted by atomic mass is 35.5. The van der Waals surface area contributed by atoms with Crippen molar-refractivity contribution in [1.29, 1.82) is 0 Å². The number of anilines is 1. The van der Waals surface area contributed by atoms with E-state index in [1.807, 2.05) is 37.4 Å². The Labute approximate surface area is 154 Å². The molecule has 0 aliphatic carbocycles. The molecule has 0 fully saturated rings. The van der Waals surface area contributed by atoms with Crippen molar-refractivity contribution >= 4 is 50.7 Å². The molecule has 25 heavy (non-hydrogen) atoms. The van der Waals surface area contributed by atoms with Gasteiger partial charge in [0, 0.05) is 5.02 Å². The van der Waals surface area contributed by atoms with Crippen LogP contribution in [-0.4, -0.2) is 16.8 Å². The van der Waals surface area contributed by atoms with E-state index in [-0.39, 0.29) is 17.5 Å². The van der Waals surface area contributed by atoms with Crippen LogP contribution >= 0.6 is 22.9 Å². The standard InChI is InChI=1S/C19H15ClN2O2S/c1-3-10-5-6-13(20)11(4-2)17(10)22-18(23)12-9-15-14(7-8-25-15)21-16(12)19(22)24/h5-9H,3-4H2,1-2H3. The average Bonchev–Trinajstić information content (AvgIpc) is 3.16. The Kier molecular flexibility index (Phi) is 3.85. The molecule has 1 aromatic carbocycles. The summed E-state index contributed by atoms with van der Waals surface area (Å²) in [6, 6.07) is 7.33. The largest absolute Gasteiger partial charge is 0.284 e. The number of carbonyl (C=O) groups is 2. The predicted molar refractivity (Wildman–Crippen MR) is 101 cm³/mol. The molecule has 6 heteroatoms. The summed E-state index contributed by atoms with van der Waals surface area (Å²) in [4.78, 5) is 31.7. The zero-order valence-electron chi connectivity index (χ0n) is 13.8. The normalized spacial score (nSPS) is 13.8. The van der Waals surface area contributed by atoms with E-state index in [1.165, 1.54) is 16.2 Å². The number of benzene rings is 1. The topological polar surface area (TPSA) is 50.3 Å². The number of rotatable bonds is 3. The minimum Gasteiger partial charge on any atom is -0.268 e. The second-order valence-corrected chi connectivity index (χ2v) is 7.23. The van der Waals surface area contributed by atoms with Gasteiger partial charge in [0.05, 0.1) is 21.5 Å². The van der Waals surface area contributed by atoms with Crippen LogP contribution in [0.15, 0.2) is 29.6 Å². The van der Waals surface area contributed by atoms with Crippen molar-refractivity contribution in [3.63, 3.8) is 0 Å². The van der Waals surface area contributed by atoms with Crippen LogP contribution in [0.2, 0.25) is 5.02 Å². The van der Waals surface area contributed by atoms with Crippen molar-refractivity contribution in [2.45, 2.75) is 26.7 Å². The van der Waals surface area contributed by atoms with Gasteiger partial charge in [0.2, 0.25) is 0 Å². The predicted octanol–water partition coefficient (Wildman–Crippen LogP) is 4.88. The number of aromatic nitrogens is 1. The van der Waals surface area contributed by atoms with Crippen LogP contribution in [0, 0.1) is 0 Å². The first-order chi connectivity index (χ1) is 12.1. The summed E-state index contributed by atoms with van der Waals surface area (Å²) >= 11 is 7.85. The number of hydrogen-bond acceptors (Lipinski definition) is 4. The summed E-state index contributed by atoms with van der Waals surface area (Å²) < 4.78 is 0.902. The highest BCUT2D eigenvalue weighted by molar-refractivity contribution is 7.17. The second kappa shape index (κ2) is 5.93. The Balaban J connectivity index is 1.95. The number of amides is 2. The fourth-order valence-electron chi connectivity index (χ4n) is 3.30. The summed E-state index contributed by atoms with van der Waals surface area (Å²) in [6.07, 6.45) is 1.34. The Bertz CT molecular complexity index is 991. The minimum absolute atomic E-state index is 0.222. The first-order valence-corrected chi connectivity index (χ1v) is 9.39. The number of halogens is 1. The van der Waals surface area contributed by atoms with Gasteiger partial charge in [-0.2, -0.15) is 0 Å². The lowest BCUT2D eigenvalue weighted by molar-refractivity contribution is 0.0924. The average molecular weight is 371 g/mol. The molecule has 126 valence electrons. The van der Waals surface area contributed by atoms with Crippen LogP contribution in [0.3, 0.4) is 0 Å². The molecule has 1 aliphatic heterocycles. The van der Waals surface area contributed by atoms with Gasteiger partial charge < -0.3 is 0 Å². The quantitative estimate of drug-likeness (QED) is 0.617. The molecule has 0 saturated carbocycles. The lowest BCUT2D eigenvalue weighted by Gasteiger charge is -2.22. The van der Waals surface area contributed by atoms with Crippen molar-refractivity contribution in [3.05, 3.63) is 57.1 Å². The van der Waals surface area contributed by atoms with Crippen molar-refractivity contribution in [3.8, 4) is 0 Å². The number of pyridine rings is 1. The van der Waals surface area contributed by atoms with Gasteiger partial charge >= 0.3 is 0 Å². The van der Waals surface area contributed by atoms with Crippen LogP contribution < -0.4 is 4.90 Å². The minimum atomic E-state index is -0.375. The Morgan fingerprint density at radius 1 is 1.12 bits per heavy atom. The van der Waals surface area contributed by atoms with Gasteiger partial charge in [-0.05, 0) is 47.5 Å². The molecule has 0 bridgehead atoms. The monoisotopic (exact) mass is 370 g/mol. The van der Waals surface area contributed by atoms with E-state index in [2.05, 4.69) is 4.98 Å². The Morgan fingerprint density at radius 3 is 2.64 bits per heavy atom. The molecule has 0 spiro atoms. The van der Waals surface area contributed by atoms with Crippen LogP contribution in [-0.2, 0) is 12.8 Å². The van der Waals surface area contributed by atoms with Gasteiger partial charge in [0.1, 0.15) is 5.69 Å². The molecule has 2 amide bonds. The maximum absolute atomic E-state index is 13.0. The molecule has 4 nitrogen and oxygen atoms in total. The number of thiophene rings is 1. The molecular weight excluding hydrogens is 356 g/mol. The van der Waals surface area contributed by atoms with E-state index in [0.717, 1.165) is 21.3 Å². The van der Waals surface area contributed by atoms with Crippen LogP contribution in [0.1, 0.15) is 45.8 Å². The molecule has 0 unspecified atom stereocenters. The molecule has 0 atom stereocenters. The molecular formula is C19H15ClN2O2S. The van der Waals surface area contributed by atoms with Crippen molar-refractivity contribution in [2.75, 3.05) is 4.90 Å². The van der Waals surface area contributed by atoms with E-state index in [9.17, 15) is 9.59 Å². The van der Waals surface area contributed by atoms with Gasteiger partial charge in [0.25, 0.3) is 11.8 Å². The number of hydrogen-bond donors (Lipinski definition) is 0. The summed E-state index contributed by atoms with van der Waals surface area (Å²) in [5.74, 6) is -0.700. The maximum Gasteiger partial charge on any atom is 0.284 e. The van der Waals surface area contributed by atoms with Gasteiger partial charge in [-0.3, -0.25) is 9.59 Å². The molecule has 0 N–H and O–H groups in total. The van der Waals surface area contributed by atoms with Gasteiger partial charge in [-0.25, -0.2) is 9.88 Å². The number of imide groups is 1. The summed E-state index contributed by atoms with van der Waals surface area (Å²) in [5.41, 5.74) is 3.69. The summed E-state index contributed by atoms with van der Waals surface area (Å²) in [6.45, 7) is 3.97.